The van der Waals surface area contributed by atoms with Gasteiger partial charge < -0.3 is 13.6 Å². The molecule has 8 nitrogen and oxygen atoms in total. The number of rotatable bonds is 7. The van der Waals surface area contributed by atoms with E-state index in [9.17, 15) is 14.4 Å². The average molecular weight is 519 g/mol. The fraction of sp³-hybridized carbons (Fsp3) is 0.773. The summed E-state index contributed by atoms with van der Waals surface area (Å²) in [6, 6.07) is 1.21. The Bertz CT molecular complexity index is 979. The van der Waals surface area contributed by atoms with E-state index in [1.807, 2.05) is 0 Å². The molecule has 1 fully saturated rings. The van der Waals surface area contributed by atoms with Crippen LogP contribution in [0.2, 0.25) is 36.3 Å². The van der Waals surface area contributed by atoms with Gasteiger partial charge in [-0.2, -0.15) is 0 Å². The monoisotopic (exact) mass is 518 g/mol. The zero-order chi connectivity index (χ0) is 25.6. The normalized spacial score (nSPS) is 27.1. The van der Waals surface area contributed by atoms with Crippen LogP contribution in [0.15, 0.2) is 21.9 Å². The van der Waals surface area contributed by atoms with Gasteiger partial charge in [0.05, 0.1) is 6.61 Å². The molecule has 1 aliphatic heterocycles. The first-order chi connectivity index (χ1) is 14.8. The summed E-state index contributed by atoms with van der Waals surface area (Å²) in [6.45, 7) is 20.9. The van der Waals surface area contributed by atoms with Crippen molar-refractivity contribution in [3.63, 3.8) is 0 Å². The van der Waals surface area contributed by atoms with Crippen molar-refractivity contribution in [2.75, 3.05) is 6.61 Å². The summed E-state index contributed by atoms with van der Waals surface area (Å²) < 4.78 is 20.5. The van der Waals surface area contributed by atoms with Gasteiger partial charge in [-0.3, -0.25) is 19.1 Å². The largest absolute Gasteiger partial charge is 0.413 e. The molecule has 33 heavy (non-hydrogen) atoms. The first-order valence-corrected chi connectivity index (χ1v) is 17.4. The third-order valence-corrected chi connectivity index (χ3v) is 16.8. The summed E-state index contributed by atoms with van der Waals surface area (Å²) >= 11 is 6.87. The molecule has 1 saturated heterocycles. The Labute approximate surface area is 203 Å². The lowest BCUT2D eigenvalue weighted by Gasteiger charge is -2.43. The third-order valence-electron chi connectivity index (χ3n) is 7.40. The number of aromatic nitrogens is 2. The summed E-state index contributed by atoms with van der Waals surface area (Å²) in [5.41, 5.74) is -2.70. The van der Waals surface area contributed by atoms with Gasteiger partial charge in [0.15, 0.2) is 34.7 Å². The van der Waals surface area contributed by atoms with Crippen LogP contribution < -0.4 is 11.2 Å². The predicted octanol–water partition coefficient (Wildman–Crippen LogP) is 4.02. The topological polar surface area (TPSA) is 99.6 Å². The number of nitrogens with zero attached hydrogens (tertiary/aromatic N) is 1. The lowest BCUT2D eigenvalue weighted by molar-refractivity contribution is -0.149. The summed E-state index contributed by atoms with van der Waals surface area (Å²) in [5.74, 6) is 0. The first kappa shape index (κ1) is 28.2. The van der Waals surface area contributed by atoms with Crippen molar-refractivity contribution >= 4 is 34.5 Å². The van der Waals surface area contributed by atoms with Crippen molar-refractivity contribution in [3.05, 3.63) is 33.1 Å². The highest BCUT2D eigenvalue weighted by Crippen LogP contribution is 2.47. The molecule has 0 bridgehead atoms. The van der Waals surface area contributed by atoms with Gasteiger partial charge in [-0.25, -0.2) is 4.79 Å². The number of ether oxygens (including phenoxy) is 1. The summed E-state index contributed by atoms with van der Waals surface area (Å²) in [5, 5.41) is -1.09. The number of carbonyl (C=O) groups is 1. The molecule has 0 radical (unpaired) electrons. The highest BCUT2D eigenvalue weighted by atomic mass is 35.5. The van der Waals surface area contributed by atoms with E-state index in [-0.39, 0.29) is 16.7 Å². The van der Waals surface area contributed by atoms with Crippen LogP contribution in [0.4, 0.5) is 0 Å². The lowest BCUT2D eigenvalue weighted by Crippen LogP contribution is -2.57. The van der Waals surface area contributed by atoms with Gasteiger partial charge in [-0.05, 0) is 36.3 Å². The fourth-order valence-electron chi connectivity index (χ4n) is 3.03. The van der Waals surface area contributed by atoms with Gasteiger partial charge in [0, 0.05) is 12.3 Å². The van der Waals surface area contributed by atoms with Crippen LogP contribution in [0.25, 0.3) is 0 Å². The Morgan fingerprint density at radius 3 is 2.12 bits per heavy atom. The second kappa shape index (κ2) is 9.20. The quantitative estimate of drug-likeness (QED) is 0.332. The number of H-pyrrole nitrogens is 1. The van der Waals surface area contributed by atoms with Gasteiger partial charge in [0.25, 0.3) is 5.56 Å². The van der Waals surface area contributed by atoms with E-state index in [4.69, 9.17) is 25.2 Å². The lowest BCUT2D eigenvalue weighted by atomic mass is 9.99. The van der Waals surface area contributed by atoms with Crippen LogP contribution in [0, 0.1) is 0 Å². The molecule has 0 amide bonds. The average Bonchev–Trinajstić information content (AvgIpc) is 2.91. The zero-order valence-corrected chi connectivity index (χ0v) is 24.2. The molecule has 1 aromatic heterocycles. The SMILES string of the molecule is CC(C)(C)[Si](C)(C)OC[C@@]1(C=O)OC(n2ccc(=O)[nH]c2=O)[C@H](Cl)C1O[Si](C)(C)C(C)(C)C. The van der Waals surface area contributed by atoms with Crippen molar-refractivity contribution in [2.45, 2.75) is 101 Å². The number of halogens is 1. The zero-order valence-electron chi connectivity index (χ0n) is 21.4. The molecule has 2 unspecified atom stereocenters. The molecule has 2 heterocycles. The van der Waals surface area contributed by atoms with Crippen molar-refractivity contribution < 1.29 is 18.4 Å². The van der Waals surface area contributed by atoms with Crippen LogP contribution in [-0.4, -0.2) is 56.2 Å². The number of hydrogen-bond donors (Lipinski definition) is 1. The number of carbonyl (C=O) groups excluding carboxylic acids is 1. The summed E-state index contributed by atoms with van der Waals surface area (Å²) in [6.07, 6.45) is 0.162. The van der Waals surface area contributed by atoms with Crippen molar-refractivity contribution in [2.24, 2.45) is 0 Å². The Kier molecular flexibility index (Phi) is 7.86. The molecule has 1 aliphatic rings. The number of alkyl halides is 1. The maximum Gasteiger partial charge on any atom is 0.330 e. The molecular formula is C22H39ClN2O6Si2. The number of aldehydes is 1. The second-order valence-corrected chi connectivity index (χ2v) is 22.0. The predicted molar refractivity (Wildman–Crippen MR) is 135 cm³/mol. The molecule has 188 valence electrons. The van der Waals surface area contributed by atoms with Gasteiger partial charge >= 0.3 is 5.69 Å². The van der Waals surface area contributed by atoms with E-state index in [1.54, 1.807) is 0 Å². The van der Waals surface area contributed by atoms with E-state index in [1.165, 1.54) is 16.8 Å². The van der Waals surface area contributed by atoms with Crippen LogP contribution in [0.3, 0.4) is 0 Å². The third kappa shape index (κ3) is 5.62. The summed E-state index contributed by atoms with van der Waals surface area (Å²) in [4.78, 5) is 38.9. The molecule has 0 spiro atoms. The highest BCUT2D eigenvalue weighted by molar-refractivity contribution is 6.74. The van der Waals surface area contributed by atoms with Gasteiger partial charge in [0.2, 0.25) is 0 Å². The maximum absolute atomic E-state index is 12.6. The molecular weight excluding hydrogens is 480 g/mol. The standard InChI is InChI=1S/C22H39ClN2O6Si2/c1-20(2,3)32(7,8)29-14-22(13-26)17(31-33(9,10)21(4,5)6)16(23)18(30-22)25-12-11-15(27)24-19(25)28/h11-13,16-18H,14H2,1-10H3,(H,24,27,28)/t16-,17?,18?,22-/m1/s1. The first-order valence-electron chi connectivity index (χ1n) is 11.2. The fourth-order valence-corrected chi connectivity index (χ4v) is 5.91. The molecule has 2 rings (SSSR count). The number of nitrogens with one attached hydrogen (secondary N) is 1. The van der Waals surface area contributed by atoms with Crippen molar-refractivity contribution in [3.8, 4) is 0 Å². The van der Waals surface area contributed by atoms with E-state index in [0.29, 0.717) is 6.29 Å². The Morgan fingerprint density at radius 1 is 1.12 bits per heavy atom. The molecule has 0 saturated carbocycles. The van der Waals surface area contributed by atoms with Crippen molar-refractivity contribution in [1.29, 1.82) is 0 Å². The molecule has 0 aliphatic carbocycles. The van der Waals surface area contributed by atoms with Crippen LogP contribution in [0.5, 0.6) is 0 Å². The smallest absolute Gasteiger partial charge is 0.330 e. The Hall–Kier alpha value is -1.05. The molecule has 1 aromatic rings. The van der Waals surface area contributed by atoms with Crippen LogP contribution in [-0.2, 0) is 18.4 Å². The molecule has 0 aromatic carbocycles. The van der Waals surface area contributed by atoms with Gasteiger partial charge in [-0.1, -0.05) is 41.5 Å². The maximum atomic E-state index is 12.6. The van der Waals surface area contributed by atoms with Gasteiger partial charge in [-0.15, -0.1) is 11.6 Å². The molecule has 4 atom stereocenters. The van der Waals surface area contributed by atoms with E-state index in [2.05, 4.69) is 72.7 Å². The number of aromatic amines is 1. The van der Waals surface area contributed by atoms with Crippen LogP contribution in [0.1, 0.15) is 47.8 Å². The Morgan fingerprint density at radius 2 is 1.67 bits per heavy atom. The molecule has 1 N–H and O–H groups in total. The van der Waals surface area contributed by atoms with Gasteiger partial charge in [0.1, 0.15) is 11.5 Å². The number of hydrogen-bond acceptors (Lipinski definition) is 6. The van der Waals surface area contributed by atoms with E-state index >= 15 is 0 Å². The second-order valence-electron chi connectivity index (χ2n) is 11.9. The van der Waals surface area contributed by atoms with Crippen LogP contribution >= 0.6 is 11.6 Å². The minimum atomic E-state index is -2.39. The highest BCUT2D eigenvalue weighted by Gasteiger charge is 2.60. The molecule has 11 heteroatoms. The minimum Gasteiger partial charge on any atom is -0.413 e. The minimum absolute atomic E-state index is 0.0376. The van der Waals surface area contributed by atoms with E-state index in [0.717, 1.165) is 0 Å². The Balaban J connectivity index is 2.55. The van der Waals surface area contributed by atoms with E-state index < -0.39 is 51.2 Å². The summed E-state index contributed by atoms with van der Waals surface area (Å²) in [7, 11) is -4.64. The van der Waals surface area contributed by atoms with Crippen molar-refractivity contribution in [1.82, 2.24) is 9.55 Å².